The Labute approximate surface area is 102 Å². The number of hydrogen-bond acceptors (Lipinski definition) is 3. The van der Waals surface area contributed by atoms with Gasteiger partial charge in [-0.3, -0.25) is 4.90 Å². The molecule has 0 spiro atoms. The molecule has 0 saturated carbocycles. The van der Waals surface area contributed by atoms with Crippen molar-refractivity contribution in [3.8, 4) is 0 Å². The number of hydrogen-bond donors (Lipinski definition) is 1. The molecule has 0 radical (unpaired) electrons. The maximum absolute atomic E-state index is 5.89. The monoisotopic (exact) mass is 239 g/mol. The molecule has 16 heavy (non-hydrogen) atoms. The summed E-state index contributed by atoms with van der Waals surface area (Å²) in [4.78, 5) is 6.50. The van der Waals surface area contributed by atoms with Crippen molar-refractivity contribution in [1.82, 2.24) is 15.2 Å². The first-order valence-electron chi connectivity index (χ1n) is 5.85. The average Bonchev–Trinajstić information content (AvgIpc) is 2.79. The van der Waals surface area contributed by atoms with Crippen LogP contribution >= 0.6 is 11.6 Å². The SMILES string of the molecule is CCN(Cc1ccnc(Cl)c1)C1CCNC1. The van der Waals surface area contributed by atoms with Crippen LogP contribution in [0.1, 0.15) is 18.9 Å². The largest absolute Gasteiger partial charge is 0.315 e. The smallest absolute Gasteiger partial charge is 0.129 e. The first kappa shape index (κ1) is 11.8. The predicted octanol–water partition coefficient (Wildman–Crippen LogP) is 1.92. The first-order valence-corrected chi connectivity index (χ1v) is 6.22. The van der Waals surface area contributed by atoms with Crippen molar-refractivity contribution < 1.29 is 0 Å². The topological polar surface area (TPSA) is 28.2 Å². The number of pyridine rings is 1. The molecule has 0 aliphatic carbocycles. The fourth-order valence-electron chi connectivity index (χ4n) is 2.23. The van der Waals surface area contributed by atoms with Crippen LogP contribution in [0.25, 0.3) is 0 Å². The van der Waals surface area contributed by atoms with Crippen LogP contribution in [0.2, 0.25) is 5.15 Å². The second-order valence-electron chi connectivity index (χ2n) is 4.20. The van der Waals surface area contributed by atoms with Crippen LogP contribution < -0.4 is 5.32 Å². The van der Waals surface area contributed by atoms with Gasteiger partial charge in [-0.15, -0.1) is 0 Å². The van der Waals surface area contributed by atoms with Crippen molar-refractivity contribution in [2.75, 3.05) is 19.6 Å². The van der Waals surface area contributed by atoms with Gasteiger partial charge in [-0.2, -0.15) is 0 Å². The maximum Gasteiger partial charge on any atom is 0.129 e. The first-order chi connectivity index (χ1) is 7.79. The van der Waals surface area contributed by atoms with Crippen LogP contribution in [0.3, 0.4) is 0 Å². The predicted molar refractivity (Wildman–Crippen MR) is 66.6 cm³/mol. The molecular weight excluding hydrogens is 222 g/mol. The Morgan fingerprint density at radius 1 is 1.62 bits per heavy atom. The molecule has 0 amide bonds. The molecule has 0 aromatic carbocycles. The molecule has 1 aromatic heterocycles. The van der Waals surface area contributed by atoms with E-state index in [0.29, 0.717) is 11.2 Å². The standard InChI is InChI=1S/C12H18ClN3/c1-2-16(11-4-5-14-8-11)9-10-3-6-15-12(13)7-10/h3,6-7,11,14H,2,4-5,8-9H2,1H3. The van der Waals surface area contributed by atoms with Crippen molar-refractivity contribution in [1.29, 1.82) is 0 Å². The molecule has 0 bridgehead atoms. The highest BCUT2D eigenvalue weighted by molar-refractivity contribution is 6.29. The summed E-state index contributed by atoms with van der Waals surface area (Å²) >= 11 is 5.89. The zero-order chi connectivity index (χ0) is 11.4. The van der Waals surface area contributed by atoms with Gasteiger partial charge in [0.2, 0.25) is 0 Å². The quantitative estimate of drug-likeness (QED) is 0.814. The summed E-state index contributed by atoms with van der Waals surface area (Å²) in [7, 11) is 0. The molecule has 1 fully saturated rings. The van der Waals surface area contributed by atoms with Crippen LogP contribution in [0.15, 0.2) is 18.3 Å². The molecule has 4 heteroatoms. The number of nitrogens with one attached hydrogen (secondary N) is 1. The Hall–Kier alpha value is -0.640. The van der Waals surface area contributed by atoms with Gasteiger partial charge in [0.15, 0.2) is 0 Å². The second kappa shape index (κ2) is 5.62. The molecular formula is C12H18ClN3. The third kappa shape index (κ3) is 2.94. The van der Waals surface area contributed by atoms with Crippen LogP contribution in [0.4, 0.5) is 0 Å². The van der Waals surface area contributed by atoms with E-state index < -0.39 is 0 Å². The van der Waals surface area contributed by atoms with Gasteiger partial charge in [0, 0.05) is 25.3 Å². The third-order valence-corrected chi connectivity index (χ3v) is 3.34. The summed E-state index contributed by atoms with van der Waals surface area (Å²) in [5.74, 6) is 0. The zero-order valence-corrected chi connectivity index (χ0v) is 10.4. The molecule has 1 aromatic rings. The lowest BCUT2D eigenvalue weighted by molar-refractivity contribution is 0.210. The van der Waals surface area contributed by atoms with E-state index in [-0.39, 0.29) is 0 Å². The average molecular weight is 240 g/mol. The Bertz CT molecular complexity index is 337. The normalized spacial score (nSPS) is 20.6. The molecule has 1 aliphatic rings. The number of nitrogens with zero attached hydrogens (tertiary/aromatic N) is 2. The van der Waals surface area contributed by atoms with E-state index in [2.05, 4.69) is 22.1 Å². The maximum atomic E-state index is 5.89. The van der Waals surface area contributed by atoms with Gasteiger partial charge in [-0.25, -0.2) is 4.98 Å². The van der Waals surface area contributed by atoms with E-state index in [1.54, 1.807) is 6.20 Å². The fourth-order valence-corrected chi connectivity index (χ4v) is 2.42. The van der Waals surface area contributed by atoms with Crippen LogP contribution in [-0.4, -0.2) is 35.6 Å². The molecule has 1 aliphatic heterocycles. The van der Waals surface area contributed by atoms with E-state index in [9.17, 15) is 0 Å². The molecule has 2 rings (SSSR count). The Balaban J connectivity index is 2.00. The summed E-state index contributed by atoms with van der Waals surface area (Å²) in [6.45, 7) is 6.49. The minimum atomic E-state index is 0.582. The van der Waals surface area contributed by atoms with E-state index in [1.165, 1.54) is 12.0 Å². The van der Waals surface area contributed by atoms with Crippen LogP contribution in [-0.2, 0) is 6.54 Å². The van der Waals surface area contributed by atoms with Gasteiger partial charge in [0.1, 0.15) is 5.15 Å². The van der Waals surface area contributed by atoms with Gasteiger partial charge >= 0.3 is 0 Å². The van der Waals surface area contributed by atoms with Crippen molar-refractivity contribution in [2.45, 2.75) is 25.9 Å². The molecule has 1 atom stereocenters. The van der Waals surface area contributed by atoms with E-state index in [1.807, 2.05) is 12.1 Å². The molecule has 1 N–H and O–H groups in total. The van der Waals surface area contributed by atoms with Crippen molar-refractivity contribution in [2.24, 2.45) is 0 Å². The van der Waals surface area contributed by atoms with Crippen LogP contribution in [0.5, 0.6) is 0 Å². The summed E-state index contributed by atoms with van der Waals surface area (Å²) in [5.41, 5.74) is 1.24. The highest BCUT2D eigenvalue weighted by atomic mass is 35.5. The Morgan fingerprint density at radius 3 is 3.12 bits per heavy atom. The summed E-state index contributed by atoms with van der Waals surface area (Å²) in [5, 5.41) is 3.99. The van der Waals surface area contributed by atoms with Crippen molar-refractivity contribution >= 4 is 11.6 Å². The summed E-state index contributed by atoms with van der Waals surface area (Å²) in [6.07, 6.45) is 3.02. The van der Waals surface area contributed by atoms with Gasteiger partial charge in [-0.1, -0.05) is 18.5 Å². The highest BCUT2D eigenvalue weighted by Gasteiger charge is 2.20. The zero-order valence-electron chi connectivity index (χ0n) is 9.62. The van der Waals surface area contributed by atoms with Gasteiger partial charge in [0.25, 0.3) is 0 Å². The molecule has 88 valence electrons. The Morgan fingerprint density at radius 2 is 2.50 bits per heavy atom. The third-order valence-electron chi connectivity index (χ3n) is 3.13. The second-order valence-corrected chi connectivity index (χ2v) is 4.58. The van der Waals surface area contributed by atoms with E-state index >= 15 is 0 Å². The van der Waals surface area contributed by atoms with E-state index in [0.717, 1.165) is 26.2 Å². The van der Waals surface area contributed by atoms with Gasteiger partial charge < -0.3 is 5.32 Å². The van der Waals surface area contributed by atoms with Crippen molar-refractivity contribution in [3.05, 3.63) is 29.0 Å². The molecule has 3 nitrogen and oxygen atoms in total. The number of aromatic nitrogens is 1. The van der Waals surface area contributed by atoms with Crippen molar-refractivity contribution in [3.63, 3.8) is 0 Å². The number of likely N-dealkylation sites (N-methyl/N-ethyl adjacent to an activating group) is 1. The molecule has 1 saturated heterocycles. The minimum Gasteiger partial charge on any atom is -0.315 e. The van der Waals surface area contributed by atoms with Gasteiger partial charge in [0.05, 0.1) is 0 Å². The molecule has 1 unspecified atom stereocenters. The van der Waals surface area contributed by atoms with Gasteiger partial charge in [-0.05, 0) is 37.2 Å². The Kier molecular flexibility index (Phi) is 4.16. The number of rotatable bonds is 4. The lowest BCUT2D eigenvalue weighted by Crippen LogP contribution is -2.36. The highest BCUT2D eigenvalue weighted by Crippen LogP contribution is 2.14. The lowest BCUT2D eigenvalue weighted by atomic mass is 10.2. The lowest BCUT2D eigenvalue weighted by Gasteiger charge is -2.26. The fraction of sp³-hybridized carbons (Fsp3) is 0.583. The summed E-state index contributed by atoms with van der Waals surface area (Å²) in [6, 6.07) is 4.65. The summed E-state index contributed by atoms with van der Waals surface area (Å²) < 4.78 is 0. The van der Waals surface area contributed by atoms with Crippen LogP contribution in [0, 0.1) is 0 Å². The molecule has 2 heterocycles. The minimum absolute atomic E-state index is 0.582. The number of halogens is 1. The van der Waals surface area contributed by atoms with E-state index in [4.69, 9.17) is 11.6 Å².